The molecule has 0 fully saturated rings. The van der Waals surface area contributed by atoms with Crippen molar-refractivity contribution in [3.05, 3.63) is 199 Å². The normalized spacial score (nSPS) is 11.6. The van der Waals surface area contributed by atoms with E-state index < -0.39 is 0 Å². The Morgan fingerprint density at radius 1 is 0.345 bits per heavy atom. The van der Waals surface area contributed by atoms with Crippen LogP contribution in [0.4, 0.5) is 11.4 Å². The van der Waals surface area contributed by atoms with Crippen LogP contribution in [0.2, 0.25) is 0 Å². The van der Waals surface area contributed by atoms with Crippen molar-refractivity contribution in [2.24, 2.45) is 0 Å². The van der Waals surface area contributed by atoms with E-state index in [4.69, 9.17) is 13.1 Å². The Morgan fingerprint density at radius 2 is 0.836 bits per heavy atom. The fourth-order valence-corrected chi connectivity index (χ4v) is 8.72. The van der Waals surface area contributed by atoms with Crippen LogP contribution in [0.3, 0.4) is 0 Å². The highest BCUT2D eigenvalue weighted by molar-refractivity contribution is 6.13. The minimum absolute atomic E-state index is 0.546. The van der Waals surface area contributed by atoms with Crippen LogP contribution in [0.5, 0.6) is 0 Å². The Morgan fingerprint density at radius 3 is 1.44 bits per heavy atom. The van der Waals surface area contributed by atoms with E-state index in [9.17, 15) is 0 Å². The molecule has 5 heteroatoms. The van der Waals surface area contributed by atoms with Crippen molar-refractivity contribution in [2.45, 2.75) is 0 Å². The molecule has 5 nitrogen and oxygen atoms in total. The molecular formula is C50H29N5. The van der Waals surface area contributed by atoms with Crippen molar-refractivity contribution >= 4 is 76.8 Å². The monoisotopic (exact) mass is 699 g/mol. The summed E-state index contributed by atoms with van der Waals surface area (Å²) in [5.74, 6) is 0. The number of nitrogens with zero attached hydrogens (tertiary/aromatic N) is 5. The fraction of sp³-hybridized carbons (Fsp3) is 0. The molecule has 254 valence electrons. The molecule has 3 aromatic heterocycles. The summed E-state index contributed by atoms with van der Waals surface area (Å²) >= 11 is 0. The van der Waals surface area contributed by atoms with Crippen LogP contribution in [0, 0.1) is 13.1 Å². The van der Waals surface area contributed by atoms with Gasteiger partial charge < -0.3 is 13.7 Å². The number of rotatable bonds is 4. The van der Waals surface area contributed by atoms with Gasteiger partial charge in [0.05, 0.1) is 52.1 Å². The van der Waals surface area contributed by atoms with Crippen molar-refractivity contribution in [1.29, 1.82) is 0 Å². The summed E-state index contributed by atoms with van der Waals surface area (Å²) in [7, 11) is 0. The molecule has 8 aromatic carbocycles. The molecular weight excluding hydrogens is 671 g/mol. The number of aromatic nitrogens is 3. The summed E-state index contributed by atoms with van der Waals surface area (Å²) in [4.78, 5) is 7.76. The third-order valence-electron chi connectivity index (χ3n) is 11.1. The zero-order chi connectivity index (χ0) is 36.6. The first kappa shape index (κ1) is 30.7. The van der Waals surface area contributed by atoms with E-state index in [1.807, 2.05) is 36.4 Å². The van der Waals surface area contributed by atoms with Gasteiger partial charge in [-0.05, 0) is 60.2 Å². The van der Waals surface area contributed by atoms with Crippen LogP contribution >= 0.6 is 0 Å². The van der Waals surface area contributed by atoms with Gasteiger partial charge in [-0.25, -0.2) is 9.69 Å². The second-order valence-corrected chi connectivity index (χ2v) is 13.9. The predicted octanol–water partition coefficient (Wildman–Crippen LogP) is 13.7. The van der Waals surface area contributed by atoms with Crippen molar-refractivity contribution in [1.82, 2.24) is 13.7 Å². The molecule has 0 spiro atoms. The fourth-order valence-electron chi connectivity index (χ4n) is 8.72. The molecule has 0 aliphatic heterocycles. The number of para-hydroxylation sites is 5. The third kappa shape index (κ3) is 4.45. The molecule has 11 rings (SSSR count). The van der Waals surface area contributed by atoms with Gasteiger partial charge in [-0.3, -0.25) is 0 Å². The molecule has 0 amide bonds. The highest BCUT2D eigenvalue weighted by Gasteiger charge is 2.20. The second-order valence-electron chi connectivity index (χ2n) is 13.9. The molecule has 0 unspecified atom stereocenters. The van der Waals surface area contributed by atoms with E-state index in [-0.39, 0.29) is 0 Å². The van der Waals surface area contributed by atoms with Crippen LogP contribution in [-0.4, -0.2) is 13.7 Å². The summed E-state index contributed by atoms with van der Waals surface area (Å²) < 4.78 is 6.91. The van der Waals surface area contributed by atoms with Gasteiger partial charge in [0.2, 0.25) is 5.69 Å². The lowest BCUT2D eigenvalue weighted by atomic mass is 10.0. The Labute approximate surface area is 316 Å². The quantitative estimate of drug-likeness (QED) is 0.163. The van der Waals surface area contributed by atoms with Gasteiger partial charge >= 0.3 is 0 Å². The molecule has 0 radical (unpaired) electrons. The highest BCUT2D eigenvalue weighted by Crippen LogP contribution is 2.42. The summed E-state index contributed by atoms with van der Waals surface area (Å²) in [6, 6.07) is 61.5. The summed E-state index contributed by atoms with van der Waals surface area (Å²) in [5.41, 5.74) is 12.6. The molecule has 0 atom stereocenters. The van der Waals surface area contributed by atoms with Crippen molar-refractivity contribution in [3.63, 3.8) is 0 Å². The lowest BCUT2D eigenvalue weighted by molar-refractivity contribution is 1.15. The average molecular weight is 700 g/mol. The zero-order valence-corrected chi connectivity index (χ0v) is 29.5. The summed E-state index contributed by atoms with van der Waals surface area (Å²) in [6.45, 7) is 16.0. The number of hydrogen-bond donors (Lipinski definition) is 0. The van der Waals surface area contributed by atoms with Gasteiger partial charge in [0, 0.05) is 49.1 Å². The van der Waals surface area contributed by atoms with Gasteiger partial charge in [-0.2, -0.15) is 0 Å². The largest absolute Gasteiger partial charge is 0.320 e. The van der Waals surface area contributed by atoms with Crippen molar-refractivity contribution in [3.8, 4) is 28.2 Å². The first-order valence-corrected chi connectivity index (χ1v) is 18.3. The molecule has 0 saturated carbocycles. The van der Waals surface area contributed by atoms with Crippen LogP contribution in [-0.2, 0) is 0 Å². The summed E-state index contributed by atoms with van der Waals surface area (Å²) in [5, 5.41) is 6.97. The van der Waals surface area contributed by atoms with Gasteiger partial charge in [0.25, 0.3) is 0 Å². The summed E-state index contributed by atoms with van der Waals surface area (Å²) in [6.07, 6.45) is 0. The van der Waals surface area contributed by atoms with Crippen LogP contribution in [0.25, 0.3) is 103 Å². The van der Waals surface area contributed by atoms with Gasteiger partial charge in [0.1, 0.15) is 0 Å². The standard InChI is InChI=1S/C50H29N5/c1-51-33-24-26-40-38-16-7-12-22-47(38)55(48(40)30-33)50-29-32(23-28-42(50)52-2)35-13-3-8-18-43(35)54-46-21-11-6-17-39(46)41-27-25-34(31-49(41)54)53-44-19-9-4-14-36(44)37-15-5-10-20-45(37)53/h3-31H. The van der Waals surface area contributed by atoms with E-state index in [0.29, 0.717) is 11.4 Å². The molecule has 0 aliphatic carbocycles. The van der Waals surface area contributed by atoms with E-state index >= 15 is 0 Å². The van der Waals surface area contributed by atoms with E-state index in [1.165, 1.54) is 32.6 Å². The predicted molar refractivity (Wildman–Crippen MR) is 227 cm³/mol. The van der Waals surface area contributed by atoms with Gasteiger partial charge in [-0.15, -0.1) is 0 Å². The van der Waals surface area contributed by atoms with E-state index in [2.05, 4.69) is 163 Å². The molecule has 11 aromatic rings. The van der Waals surface area contributed by atoms with Crippen LogP contribution in [0.15, 0.2) is 176 Å². The minimum atomic E-state index is 0.546. The zero-order valence-electron chi connectivity index (χ0n) is 29.5. The SMILES string of the molecule is [C-]#[N+]c1ccc2c3ccccc3n(-c3cc(-c4ccccc4-n4c5ccccc5c5ccc(-n6c7ccccc7c7ccccc76)cc54)ccc3[N+]#[C-])c2c1. The van der Waals surface area contributed by atoms with Crippen LogP contribution in [0.1, 0.15) is 0 Å². The first-order valence-electron chi connectivity index (χ1n) is 18.3. The molecule has 0 saturated heterocycles. The molecule has 55 heavy (non-hydrogen) atoms. The van der Waals surface area contributed by atoms with Gasteiger partial charge in [-0.1, -0.05) is 121 Å². The number of hydrogen-bond acceptors (Lipinski definition) is 0. The second kappa shape index (κ2) is 11.8. The number of benzene rings is 8. The Bertz CT molecular complexity index is 3420. The molecule has 0 bridgehead atoms. The minimum Gasteiger partial charge on any atom is -0.320 e. The Balaban J connectivity index is 1.17. The molecule has 0 N–H and O–H groups in total. The number of fused-ring (bicyclic) bond motifs is 9. The maximum absolute atomic E-state index is 8.23. The first-order chi connectivity index (χ1) is 27.2. The highest BCUT2D eigenvalue weighted by atomic mass is 15.0. The van der Waals surface area contributed by atoms with Crippen LogP contribution < -0.4 is 0 Å². The molecule has 0 aliphatic rings. The average Bonchev–Trinajstić information content (AvgIpc) is 3.88. The Kier molecular flexibility index (Phi) is 6.61. The van der Waals surface area contributed by atoms with Crippen molar-refractivity contribution in [2.75, 3.05) is 0 Å². The topological polar surface area (TPSA) is 23.5 Å². The van der Waals surface area contributed by atoms with E-state index in [0.717, 1.165) is 61.0 Å². The van der Waals surface area contributed by atoms with E-state index in [1.54, 1.807) is 0 Å². The maximum Gasteiger partial charge on any atom is 0.210 e. The Hall–Kier alpha value is -7.86. The third-order valence-corrected chi connectivity index (χ3v) is 11.1. The smallest absolute Gasteiger partial charge is 0.210 e. The maximum atomic E-state index is 8.23. The lowest BCUT2D eigenvalue weighted by Crippen LogP contribution is -2.00. The lowest BCUT2D eigenvalue weighted by Gasteiger charge is -2.17. The molecule has 3 heterocycles. The van der Waals surface area contributed by atoms with Crippen molar-refractivity contribution < 1.29 is 0 Å². The van der Waals surface area contributed by atoms with Gasteiger partial charge in [0.15, 0.2) is 5.69 Å².